The zero-order valence-corrected chi connectivity index (χ0v) is 10.1. The number of rotatable bonds is 3. The summed E-state index contributed by atoms with van der Waals surface area (Å²) in [5.41, 5.74) is 7.28. The smallest absolute Gasteiger partial charge is 0.272 e. The lowest BCUT2D eigenvalue weighted by Gasteiger charge is -2.16. The summed E-state index contributed by atoms with van der Waals surface area (Å²) >= 11 is 0. The first-order valence-corrected chi connectivity index (χ1v) is 5.54. The van der Waals surface area contributed by atoms with Crippen molar-refractivity contribution in [3.63, 3.8) is 0 Å². The molecule has 0 aromatic carbocycles. The summed E-state index contributed by atoms with van der Waals surface area (Å²) in [5, 5.41) is 0. The molecule has 2 N–H and O–H groups in total. The van der Waals surface area contributed by atoms with Crippen molar-refractivity contribution in [2.24, 2.45) is 0 Å². The first-order chi connectivity index (χ1) is 8.66. The summed E-state index contributed by atoms with van der Waals surface area (Å²) in [7, 11) is 1.72. The molecule has 0 saturated heterocycles. The van der Waals surface area contributed by atoms with Gasteiger partial charge in [-0.3, -0.25) is 9.78 Å². The van der Waals surface area contributed by atoms with Crippen molar-refractivity contribution in [2.75, 3.05) is 12.8 Å². The lowest BCUT2D eigenvalue weighted by Crippen LogP contribution is -2.27. The van der Waals surface area contributed by atoms with Crippen LogP contribution in [0.15, 0.2) is 42.7 Å². The van der Waals surface area contributed by atoms with Crippen LogP contribution in [-0.2, 0) is 6.54 Å². The Labute approximate surface area is 105 Å². The number of amides is 1. The van der Waals surface area contributed by atoms with Crippen LogP contribution in [0.25, 0.3) is 0 Å². The average molecular weight is 242 g/mol. The van der Waals surface area contributed by atoms with Gasteiger partial charge in [-0.2, -0.15) is 0 Å². The van der Waals surface area contributed by atoms with E-state index in [1.54, 1.807) is 30.3 Å². The van der Waals surface area contributed by atoms with Crippen LogP contribution in [-0.4, -0.2) is 27.8 Å². The number of hydrogen-bond donors (Lipinski definition) is 1. The predicted octanol–water partition coefficient (Wildman–Crippen LogP) is 1.33. The van der Waals surface area contributed by atoms with Crippen molar-refractivity contribution in [1.29, 1.82) is 0 Å². The molecule has 92 valence electrons. The third-order valence-electron chi connectivity index (χ3n) is 2.48. The van der Waals surface area contributed by atoms with Gasteiger partial charge in [0, 0.05) is 13.2 Å². The summed E-state index contributed by atoms with van der Waals surface area (Å²) in [6.45, 7) is 0.450. The van der Waals surface area contributed by atoms with Gasteiger partial charge in [0.1, 0.15) is 5.69 Å². The molecule has 5 nitrogen and oxygen atoms in total. The quantitative estimate of drug-likeness (QED) is 0.881. The number of nitrogens with zero attached hydrogens (tertiary/aromatic N) is 3. The summed E-state index contributed by atoms with van der Waals surface area (Å²) in [6.07, 6.45) is 3.18. The second-order valence-corrected chi connectivity index (χ2v) is 3.96. The summed E-state index contributed by atoms with van der Waals surface area (Å²) < 4.78 is 0. The second-order valence-electron chi connectivity index (χ2n) is 3.96. The van der Waals surface area contributed by atoms with Crippen LogP contribution in [0.5, 0.6) is 0 Å². The van der Waals surface area contributed by atoms with Crippen LogP contribution < -0.4 is 5.73 Å². The first-order valence-electron chi connectivity index (χ1n) is 5.54. The zero-order valence-electron chi connectivity index (χ0n) is 10.1. The van der Waals surface area contributed by atoms with Crippen molar-refractivity contribution in [1.82, 2.24) is 14.9 Å². The van der Waals surface area contributed by atoms with Crippen molar-refractivity contribution in [2.45, 2.75) is 6.54 Å². The van der Waals surface area contributed by atoms with Crippen LogP contribution in [0.1, 0.15) is 16.2 Å². The highest BCUT2D eigenvalue weighted by Crippen LogP contribution is 2.06. The molecular formula is C13H14N4O. The van der Waals surface area contributed by atoms with E-state index in [4.69, 9.17) is 5.73 Å². The van der Waals surface area contributed by atoms with E-state index in [1.165, 1.54) is 6.20 Å². The van der Waals surface area contributed by atoms with Crippen molar-refractivity contribution in [3.05, 3.63) is 54.1 Å². The van der Waals surface area contributed by atoms with E-state index in [1.807, 2.05) is 18.2 Å². The highest BCUT2D eigenvalue weighted by Gasteiger charge is 2.13. The van der Waals surface area contributed by atoms with E-state index >= 15 is 0 Å². The van der Waals surface area contributed by atoms with Crippen molar-refractivity contribution in [3.8, 4) is 0 Å². The fraction of sp³-hybridized carbons (Fsp3) is 0.154. The Balaban J connectivity index is 2.07. The third kappa shape index (κ3) is 2.82. The first kappa shape index (κ1) is 12.0. The Hall–Kier alpha value is -2.43. The number of anilines is 1. The molecule has 1 amide bonds. The summed E-state index contributed by atoms with van der Waals surface area (Å²) in [6, 6.07) is 8.89. The second kappa shape index (κ2) is 5.27. The minimum absolute atomic E-state index is 0.152. The molecule has 0 fully saturated rings. The number of nitrogens with two attached hydrogens (primary N) is 1. The number of pyridine rings is 2. The van der Waals surface area contributed by atoms with Gasteiger partial charge in [-0.05, 0) is 24.3 Å². The zero-order chi connectivity index (χ0) is 13.0. The number of carbonyl (C=O) groups excluding carboxylic acids is 1. The van der Waals surface area contributed by atoms with Gasteiger partial charge in [0.05, 0.1) is 24.1 Å². The Morgan fingerprint density at radius 2 is 2.11 bits per heavy atom. The molecule has 0 atom stereocenters. The Bertz CT molecular complexity index is 524. The van der Waals surface area contributed by atoms with E-state index < -0.39 is 0 Å². The van der Waals surface area contributed by atoms with Crippen LogP contribution in [0.3, 0.4) is 0 Å². The van der Waals surface area contributed by atoms with Crippen LogP contribution in [0.4, 0.5) is 5.69 Å². The lowest BCUT2D eigenvalue weighted by molar-refractivity contribution is 0.0777. The standard InChI is InChI=1S/C13H14N4O/c1-17(9-11-4-2-3-7-15-11)13(18)12-6-5-10(14)8-16-12/h2-8H,9,14H2,1H3. The number of carbonyl (C=O) groups is 1. The molecule has 2 aromatic heterocycles. The van der Waals surface area contributed by atoms with E-state index in [0.29, 0.717) is 17.9 Å². The molecule has 2 rings (SSSR count). The maximum absolute atomic E-state index is 12.1. The molecule has 5 heteroatoms. The maximum Gasteiger partial charge on any atom is 0.272 e. The average Bonchev–Trinajstić information content (AvgIpc) is 2.40. The number of nitrogen functional groups attached to an aromatic ring is 1. The molecule has 18 heavy (non-hydrogen) atoms. The fourth-order valence-corrected chi connectivity index (χ4v) is 1.53. The van der Waals surface area contributed by atoms with E-state index in [0.717, 1.165) is 5.69 Å². The molecule has 0 aliphatic carbocycles. The predicted molar refractivity (Wildman–Crippen MR) is 68.7 cm³/mol. The minimum Gasteiger partial charge on any atom is -0.397 e. The van der Waals surface area contributed by atoms with Gasteiger partial charge >= 0.3 is 0 Å². The van der Waals surface area contributed by atoms with Gasteiger partial charge in [-0.1, -0.05) is 6.07 Å². The van der Waals surface area contributed by atoms with Gasteiger partial charge in [-0.25, -0.2) is 4.98 Å². The number of hydrogen-bond acceptors (Lipinski definition) is 4. The van der Waals surface area contributed by atoms with Crippen LogP contribution >= 0.6 is 0 Å². The highest BCUT2D eigenvalue weighted by molar-refractivity contribution is 5.92. The summed E-state index contributed by atoms with van der Waals surface area (Å²) in [5.74, 6) is -0.152. The number of aromatic nitrogens is 2. The van der Waals surface area contributed by atoms with Crippen molar-refractivity contribution < 1.29 is 4.79 Å². The van der Waals surface area contributed by atoms with Crippen molar-refractivity contribution >= 4 is 11.6 Å². The van der Waals surface area contributed by atoms with E-state index in [9.17, 15) is 4.79 Å². The molecule has 0 saturated carbocycles. The van der Waals surface area contributed by atoms with Gasteiger partial charge in [0.15, 0.2) is 0 Å². The molecule has 0 unspecified atom stereocenters. The lowest BCUT2D eigenvalue weighted by atomic mass is 10.3. The Morgan fingerprint density at radius 3 is 2.72 bits per heavy atom. The molecule has 0 radical (unpaired) electrons. The van der Waals surface area contributed by atoms with E-state index in [2.05, 4.69) is 9.97 Å². The van der Waals surface area contributed by atoms with Crippen LogP contribution in [0.2, 0.25) is 0 Å². The molecular weight excluding hydrogens is 228 g/mol. The summed E-state index contributed by atoms with van der Waals surface area (Å²) in [4.78, 5) is 21.8. The molecule has 0 spiro atoms. The fourth-order valence-electron chi connectivity index (χ4n) is 1.53. The molecule has 2 aromatic rings. The van der Waals surface area contributed by atoms with Gasteiger partial charge < -0.3 is 10.6 Å². The highest BCUT2D eigenvalue weighted by atomic mass is 16.2. The SMILES string of the molecule is CN(Cc1ccccn1)C(=O)c1ccc(N)cn1. The maximum atomic E-state index is 12.1. The third-order valence-corrected chi connectivity index (χ3v) is 2.48. The molecule has 0 aliphatic heterocycles. The monoisotopic (exact) mass is 242 g/mol. The normalized spacial score (nSPS) is 10.1. The minimum atomic E-state index is -0.152. The molecule has 2 heterocycles. The largest absolute Gasteiger partial charge is 0.397 e. The Kier molecular flexibility index (Phi) is 3.52. The Morgan fingerprint density at radius 1 is 1.28 bits per heavy atom. The van der Waals surface area contributed by atoms with Gasteiger partial charge in [-0.15, -0.1) is 0 Å². The van der Waals surface area contributed by atoms with E-state index in [-0.39, 0.29) is 5.91 Å². The van der Waals surface area contributed by atoms with Gasteiger partial charge in [0.2, 0.25) is 0 Å². The van der Waals surface area contributed by atoms with Crippen LogP contribution in [0, 0.1) is 0 Å². The van der Waals surface area contributed by atoms with Gasteiger partial charge in [0.25, 0.3) is 5.91 Å². The molecule has 0 bridgehead atoms. The topological polar surface area (TPSA) is 72.1 Å². The molecule has 0 aliphatic rings.